The Bertz CT molecular complexity index is 988. The fraction of sp³-hybridized carbons (Fsp3) is 0.471. The number of rotatable bonds is 6. The summed E-state index contributed by atoms with van der Waals surface area (Å²) in [6.07, 6.45) is -0.426. The number of hydrogen-bond acceptors (Lipinski definition) is 11. The van der Waals surface area contributed by atoms with Crippen molar-refractivity contribution in [2.24, 2.45) is 0 Å². The molecule has 2 aromatic heterocycles. The lowest BCUT2D eigenvalue weighted by Gasteiger charge is -2.23. The van der Waals surface area contributed by atoms with Crippen LogP contribution in [-0.2, 0) is 33.3 Å². The van der Waals surface area contributed by atoms with E-state index in [1.165, 1.54) is 43.4 Å². The quantitative estimate of drug-likeness (QED) is 0.423. The fourth-order valence-corrected chi connectivity index (χ4v) is 2.97. The third-order valence-electron chi connectivity index (χ3n) is 4.08. The van der Waals surface area contributed by atoms with Gasteiger partial charge in [0.2, 0.25) is 0 Å². The molecule has 1 saturated heterocycles. The van der Waals surface area contributed by atoms with Gasteiger partial charge >= 0.3 is 23.6 Å². The molecule has 0 aromatic carbocycles. The summed E-state index contributed by atoms with van der Waals surface area (Å²) in [5, 5.41) is 3.90. The number of esters is 3. The second kappa shape index (κ2) is 8.82. The van der Waals surface area contributed by atoms with Crippen LogP contribution in [0.25, 0.3) is 5.82 Å². The van der Waals surface area contributed by atoms with Crippen LogP contribution in [0.1, 0.15) is 27.0 Å². The van der Waals surface area contributed by atoms with Gasteiger partial charge in [-0.1, -0.05) is 0 Å². The summed E-state index contributed by atoms with van der Waals surface area (Å²) in [6, 6.07) is 1.48. The summed E-state index contributed by atoms with van der Waals surface area (Å²) in [5.74, 6) is -1.71. The van der Waals surface area contributed by atoms with Crippen LogP contribution in [0.5, 0.6) is 0 Å². The van der Waals surface area contributed by atoms with Crippen LogP contribution in [0.15, 0.2) is 29.7 Å². The van der Waals surface area contributed by atoms with Gasteiger partial charge in [-0.15, -0.1) is 0 Å². The van der Waals surface area contributed by atoms with Gasteiger partial charge in [0.1, 0.15) is 25.4 Å². The summed E-state index contributed by atoms with van der Waals surface area (Å²) < 4.78 is 23.7. The lowest BCUT2D eigenvalue weighted by Crippen LogP contribution is -2.41. The fourth-order valence-electron chi connectivity index (χ4n) is 2.97. The largest absolute Gasteiger partial charge is 0.463 e. The van der Waals surface area contributed by atoms with Gasteiger partial charge in [-0.3, -0.25) is 19.0 Å². The second-order valence-electron chi connectivity index (χ2n) is 6.33. The van der Waals surface area contributed by atoms with Crippen LogP contribution in [-0.4, -0.2) is 67.1 Å². The molecular formula is C17H19N5O8. The Hall–Kier alpha value is -3.61. The molecule has 0 saturated carbocycles. The molecule has 0 N–H and O–H groups in total. The number of nitrogens with zero attached hydrogens (tertiary/aromatic N) is 5. The molecule has 0 radical (unpaired) electrons. The number of aromatic nitrogens is 5. The van der Waals surface area contributed by atoms with E-state index in [1.807, 2.05) is 0 Å². The van der Waals surface area contributed by atoms with Crippen molar-refractivity contribution in [1.82, 2.24) is 24.3 Å². The minimum absolute atomic E-state index is 0.212. The zero-order valence-electron chi connectivity index (χ0n) is 16.3. The van der Waals surface area contributed by atoms with E-state index in [9.17, 15) is 19.2 Å². The van der Waals surface area contributed by atoms with Crippen LogP contribution in [0, 0.1) is 0 Å². The predicted molar refractivity (Wildman–Crippen MR) is 95.1 cm³/mol. The van der Waals surface area contributed by atoms with E-state index in [4.69, 9.17) is 18.9 Å². The van der Waals surface area contributed by atoms with Gasteiger partial charge < -0.3 is 18.9 Å². The number of hydrogen-bond donors (Lipinski definition) is 0. The molecule has 4 atom stereocenters. The smallest absolute Gasteiger partial charge is 0.351 e. The normalized spacial score (nSPS) is 23.0. The first-order valence-corrected chi connectivity index (χ1v) is 8.83. The van der Waals surface area contributed by atoms with Gasteiger partial charge in [0.25, 0.3) is 0 Å². The average molecular weight is 421 g/mol. The predicted octanol–water partition coefficient (Wildman–Crippen LogP) is -0.852. The zero-order valence-corrected chi connectivity index (χ0v) is 16.3. The maximum absolute atomic E-state index is 12.6. The van der Waals surface area contributed by atoms with Gasteiger partial charge in [-0.25, -0.2) is 14.5 Å². The van der Waals surface area contributed by atoms with Crippen molar-refractivity contribution in [2.75, 3.05) is 6.61 Å². The molecule has 0 unspecified atom stereocenters. The molecule has 0 bridgehead atoms. The zero-order chi connectivity index (χ0) is 21.8. The van der Waals surface area contributed by atoms with E-state index in [1.54, 1.807) is 0 Å². The molecular weight excluding hydrogens is 402 g/mol. The summed E-state index contributed by atoms with van der Waals surface area (Å²) in [5.41, 5.74) is -0.736. The van der Waals surface area contributed by atoms with Crippen molar-refractivity contribution in [3.05, 3.63) is 35.4 Å². The maximum atomic E-state index is 12.6. The lowest BCUT2D eigenvalue weighted by molar-refractivity contribution is -0.166. The van der Waals surface area contributed by atoms with E-state index in [2.05, 4.69) is 15.1 Å². The highest BCUT2D eigenvalue weighted by Crippen LogP contribution is 2.33. The Morgan fingerprint density at radius 1 is 1.10 bits per heavy atom. The molecule has 3 heterocycles. The summed E-state index contributed by atoms with van der Waals surface area (Å²) in [7, 11) is 0. The molecule has 0 spiro atoms. The highest BCUT2D eigenvalue weighted by molar-refractivity contribution is 5.68. The molecule has 30 heavy (non-hydrogen) atoms. The molecule has 1 aliphatic heterocycles. The molecule has 13 heteroatoms. The first kappa shape index (κ1) is 21.1. The van der Waals surface area contributed by atoms with Crippen LogP contribution < -0.4 is 5.69 Å². The van der Waals surface area contributed by atoms with Crippen LogP contribution in [0.3, 0.4) is 0 Å². The minimum Gasteiger partial charge on any atom is -0.463 e. The molecule has 3 rings (SSSR count). The summed E-state index contributed by atoms with van der Waals surface area (Å²) >= 11 is 0. The molecule has 1 fully saturated rings. The summed E-state index contributed by atoms with van der Waals surface area (Å²) in [4.78, 5) is 54.8. The van der Waals surface area contributed by atoms with E-state index in [0.717, 1.165) is 11.5 Å². The van der Waals surface area contributed by atoms with Gasteiger partial charge in [0.15, 0.2) is 24.3 Å². The van der Waals surface area contributed by atoms with Crippen LogP contribution >= 0.6 is 0 Å². The Kier molecular flexibility index (Phi) is 6.20. The van der Waals surface area contributed by atoms with Crippen molar-refractivity contribution >= 4 is 17.9 Å². The van der Waals surface area contributed by atoms with Crippen LogP contribution in [0.4, 0.5) is 0 Å². The van der Waals surface area contributed by atoms with E-state index in [-0.39, 0.29) is 12.4 Å². The maximum Gasteiger partial charge on any atom is 0.351 e. The van der Waals surface area contributed by atoms with Crippen molar-refractivity contribution < 1.29 is 33.3 Å². The van der Waals surface area contributed by atoms with Crippen molar-refractivity contribution in [2.45, 2.75) is 45.3 Å². The van der Waals surface area contributed by atoms with E-state index >= 15 is 0 Å². The summed E-state index contributed by atoms with van der Waals surface area (Å²) in [6.45, 7) is 3.26. The second-order valence-corrected chi connectivity index (χ2v) is 6.33. The van der Waals surface area contributed by atoms with E-state index < -0.39 is 48.1 Å². The van der Waals surface area contributed by atoms with Crippen molar-refractivity contribution in [3.63, 3.8) is 0 Å². The highest BCUT2D eigenvalue weighted by atomic mass is 16.7. The Labute approximate surface area is 169 Å². The third-order valence-corrected chi connectivity index (χ3v) is 4.08. The Balaban J connectivity index is 1.96. The molecule has 0 amide bonds. The first-order valence-electron chi connectivity index (χ1n) is 8.83. The van der Waals surface area contributed by atoms with Gasteiger partial charge in [-0.2, -0.15) is 10.1 Å². The monoisotopic (exact) mass is 421 g/mol. The Morgan fingerprint density at radius 2 is 1.80 bits per heavy atom. The number of carbonyl (C=O) groups excluding carboxylic acids is 3. The lowest BCUT2D eigenvalue weighted by atomic mass is 10.1. The van der Waals surface area contributed by atoms with Gasteiger partial charge in [-0.05, 0) is 6.07 Å². The SMILES string of the molecule is CC(=O)OC[C@H]1O[C@@H](n2ccc(-n3cncn3)nc2=O)[C@H](OC(C)=O)[C@@H]1OC(C)=O. The van der Waals surface area contributed by atoms with Gasteiger partial charge in [0.05, 0.1) is 0 Å². The highest BCUT2D eigenvalue weighted by Gasteiger charge is 2.50. The van der Waals surface area contributed by atoms with Crippen LogP contribution in [0.2, 0.25) is 0 Å². The topological polar surface area (TPSA) is 154 Å². The Morgan fingerprint density at radius 3 is 2.37 bits per heavy atom. The van der Waals surface area contributed by atoms with Crippen molar-refractivity contribution in [1.29, 1.82) is 0 Å². The van der Waals surface area contributed by atoms with Gasteiger partial charge in [0, 0.05) is 27.0 Å². The molecule has 0 aliphatic carbocycles. The van der Waals surface area contributed by atoms with E-state index in [0.29, 0.717) is 0 Å². The number of ether oxygens (including phenoxy) is 4. The third kappa shape index (κ3) is 4.68. The molecule has 13 nitrogen and oxygen atoms in total. The average Bonchev–Trinajstić information content (AvgIpc) is 3.29. The molecule has 1 aliphatic rings. The molecule has 2 aromatic rings. The minimum atomic E-state index is -1.18. The molecule has 160 valence electrons. The number of carbonyl (C=O) groups is 3. The van der Waals surface area contributed by atoms with Crippen molar-refractivity contribution in [3.8, 4) is 5.82 Å². The first-order chi connectivity index (χ1) is 14.3. The standard InChI is InChI=1S/C17H19N5O8/c1-9(23)27-6-12-14(28-10(2)24)15(29-11(3)25)16(30-12)21-5-4-13(20-17(21)26)22-8-18-7-19-22/h4-5,7-8,12,14-16H,6H2,1-3H3/t12-,14-,15-,16-/m1/s1.